The molecule has 0 saturated carbocycles. The second-order valence-electron chi connectivity index (χ2n) is 8.64. The van der Waals surface area contributed by atoms with Crippen LogP contribution in [0.25, 0.3) is 22.3 Å². The first-order chi connectivity index (χ1) is 18.0. The Morgan fingerprint density at radius 2 is 1.16 bits per heavy atom. The van der Waals surface area contributed by atoms with Gasteiger partial charge in [0.15, 0.2) is 17.5 Å². The third-order valence-corrected chi connectivity index (χ3v) is 5.90. The van der Waals surface area contributed by atoms with Crippen molar-refractivity contribution in [1.82, 2.24) is 0 Å². The van der Waals surface area contributed by atoms with Crippen molar-refractivity contribution in [3.8, 4) is 22.3 Å². The summed E-state index contributed by atoms with van der Waals surface area (Å²) in [7, 11) is 0. The molecule has 0 heterocycles. The first-order valence-electron chi connectivity index (χ1n) is 11.5. The molecule has 0 N–H and O–H groups in total. The zero-order valence-corrected chi connectivity index (χ0v) is 19.9. The van der Waals surface area contributed by atoms with Crippen LogP contribution in [-0.2, 0) is 23.9 Å². The van der Waals surface area contributed by atoms with E-state index in [0.29, 0.717) is 29.8 Å². The van der Waals surface area contributed by atoms with Gasteiger partial charge >= 0.3 is 6.11 Å². The minimum absolute atomic E-state index is 0.220. The average Bonchev–Trinajstić information content (AvgIpc) is 2.86. The first kappa shape index (κ1) is 27.3. The smallest absolute Gasteiger partial charge is 0.312 e. The Balaban J connectivity index is 1.58. The van der Waals surface area contributed by atoms with Gasteiger partial charge in [0, 0.05) is 5.56 Å². The van der Waals surface area contributed by atoms with E-state index < -0.39 is 58.7 Å². The predicted octanol–water partition coefficient (Wildman–Crippen LogP) is 9.07. The molecular formula is C29H20F8O. The van der Waals surface area contributed by atoms with Crippen molar-refractivity contribution in [2.24, 2.45) is 0 Å². The Bertz CT molecular complexity index is 1420. The number of alkyl halides is 2. The summed E-state index contributed by atoms with van der Waals surface area (Å²) in [5.74, 6) is -9.37. The van der Waals surface area contributed by atoms with Gasteiger partial charge in [-0.15, -0.1) is 0 Å². The van der Waals surface area contributed by atoms with Gasteiger partial charge in [-0.05, 0) is 64.6 Å². The van der Waals surface area contributed by atoms with E-state index in [2.05, 4.69) is 4.74 Å². The summed E-state index contributed by atoms with van der Waals surface area (Å²) in [6, 6.07) is 13.4. The molecule has 0 aromatic heterocycles. The molecule has 0 radical (unpaired) electrons. The van der Waals surface area contributed by atoms with Crippen LogP contribution < -0.4 is 0 Å². The molecule has 4 rings (SSSR count). The van der Waals surface area contributed by atoms with E-state index in [1.165, 1.54) is 18.2 Å². The maximum atomic E-state index is 14.9. The lowest BCUT2D eigenvalue weighted by molar-refractivity contribution is -0.259. The topological polar surface area (TPSA) is 9.23 Å². The molecule has 0 saturated heterocycles. The highest BCUT2D eigenvalue weighted by Crippen LogP contribution is 2.38. The molecule has 38 heavy (non-hydrogen) atoms. The van der Waals surface area contributed by atoms with Crippen molar-refractivity contribution in [2.75, 3.05) is 0 Å². The second kappa shape index (κ2) is 10.9. The largest absolute Gasteiger partial charge is 0.389 e. The molecule has 4 aromatic rings. The summed E-state index contributed by atoms with van der Waals surface area (Å²) in [6.07, 6.45) is -2.70. The standard InChI is InChI=1S/C29H20F8O/c1-2-3-16-4-6-18(7-5-16)19-8-9-21(22(30)12-19)20-13-23(31)27(24(32)14-20)29(36,37)38-15-17-10-25(33)28(35)26(34)11-17/h4-14H,2-3,15H2,1H3. The summed E-state index contributed by atoms with van der Waals surface area (Å²) >= 11 is 0. The number of ether oxygens (including phenoxy) is 1. The van der Waals surface area contributed by atoms with Gasteiger partial charge in [-0.3, -0.25) is 0 Å². The number of benzene rings is 4. The van der Waals surface area contributed by atoms with Gasteiger partial charge in [0.05, 0.1) is 6.61 Å². The molecule has 0 amide bonds. The van der Waals surface area contributed by atoms with Crippen molar-refractivity contribution in [3.63, 3.8) is 0 Å². The highest BCUT2D eigenvalue weighted by molar-refractivity contribution is 5.71. The van der Waals surface area contributed by atoms with Crippen LogP contribution in [0.15, 0.2) is 66.7 Å². The Hall–Kier alpha value is -3.72. The van der Waals surface area contributed by atoms with E-state index in [0.717, 1.165) is 24.0 Å². The van der Waals surface area contributed by atoms with Crippen molar-refractivity contribution in [1.29, 1.82) is 0 Å². The minimum Gasteiger partial charge on any atom is -0.312 e. The number of rotatable bonds is 8. The molecule has 0 unspecified atom stereocenters. The van der Waals surface area contributed by atoms with E-state index in [4.69, 9.17) is 0 Å². The zero-order chi connectivity index (χ0) is 27.6. The van der Waals surface area contributed by atoms with E-state index in [1.807, 2.05) is 31.2 Å². The summed E-state index contributed by atoms with van der Waals surface area (Å²) in [5.41, 5.74) is -0.487. The summed E-state index contributed by atoms with van der Waals surface area (Å²) < 4.78 is 117. The van der Waals surface area contributed by atoms with Crippen molar-refractivity contribution < 1.29 is 39.9 Å². The van der Waals surface area contributed by atoms with Gasteiger partial charge in [0.1, 0.15) is 23.0 Å². The van der Waals surface area contributed by atoms with Gasteiger partial charge in [0.2, 0.25) is 0 Å². The Morgan fingerprint density at radius 1 is 0.605 bits per heavy atom. The molecule has 9 heteroatoms. The Morgan fingerprint density at radius 3 is 1.71 bits per heavy atom. The van der Waals surface area contributed by atoms with Crippen LogP contribution in [0.1, 0.15) is 30.0 Å². The van der Waals surface area contributed by atoms with Crippen LogP contribution in [0.2, 0.25) is 0 Å². The first-order valence-corrected chi connectivity index (χ1v) is 11.5. The third kappa shape index (κ3) is 5.72. The second-order valence-corrected chi connectivity index (χ2v) is 8.64. The Kier molecular flexibility index (Phi) is 7.87. The van der Waals surface area contributed by atoms with Gasteiger partial charge in [-0.2, -0.15) is 8.78 Å². The minimum atomic E-state index is -4.57. The van der Waals surface area contributed by atoms with Gasteiger partial charge in [-0.25, -0.2) is 26.3 Å². The average molecular weight is 536 g/mol. The molecule has 0 aliphatic rings. The van der Waals surface area contributed by atoms with Crippen molar-refractivity contribution in [2.45, 2.75) is 32.5 Å². The Labute approximate surface area is 213 Å². The molecule has 0 aliphatic heterocycles. The summed E-state index contributed by atoms with van der Waals surface area (Å²) in [6.45, 7) is 0.865. The summed E-state index contributed by atoms with van der Waals surface area (Å²) in [4.78, 5) is 0. The van der Waals surface area contributed by atoms with E-state index in [-0.39, 0.29) is 11.1 Å². The molecule has 0 fully saturated rings. The van der Waals surface area contributed by atoms with Crippen LogP contribution in [0.4, 0.5) is 35.1 Å². The maximum Gasteiger partial charge on any atom is 0.389 e. The maximum absolute atomic E-state index is 14.9. The predicted molar refractivity (Wildman–Crippen MR) is 126 cm³/mol. The molecular weight excluding hydrogens is 516 g/mol. The number of aryl methyl sites for hydroxylation is 1. The lowest BCUT2D eigenvalue weighted by Crippen LogP contribution is -2.22. The monoisotopic (exact) mass is 536 g/mol. The van der Waals surface area contributed by atoms with Gasteiger partial charge < -0.3 is 4.74 Å². The number of hydrogen-bond acceptors (Lipinski definition) is 1. The van der Waals surface area contributed by atoms with Crippen molar-refractivity contribution >= 4 is 0 Å². The lowest BCUT2D eigenvalue weighted by atomic mass is 9.97. The van der Waals surface area contributed by atoms with Crippen LogP contribution in [-0.4, -0.2) is 0 Å². The highest BCUT2D eigenvalue weighted by atomic mass is 19.3. The van der Waals surface area contributed by atoms with E-state index in [9.17, 15) is 35.1 Å². The normalized spacial score (nSPS) is 11.7. The molecule has 0 aliphatic carbocycles. The van der Waals surface area contributed by atoms with Crippen LogP contribution in [0, 0.1) is 34.9 Å². The quantitative estimate of drug-likeness (QED) is 0.161. The third-order valence-electron chi connectivity index (χ3n) is 5.90. The van der Waals surface area contributed by atoms with Crippen molar-refractivity contribution in [3.05, 3.63) is 118 Å². The highest BCUT2D eigenvalue weighted by Gasteiger charge is 2.40. The summed E-state index contributed by atoms with van der Waals surface area (Å²) in [5, 5.41) is 0. The van der Waals surface area contributed by atoms with Crippen LogP contribution >= 0.6 is 0 Å². The number of halogens is 8. The fraction of sp³-hybridized carbons (Fsp3) is 0.172. The van der Waals surface area contributed by atoms with E-state index in [1.54, 1.807) is 0 Å². The van der Waals surface area contributed by atoms with Crippen LogP contribution in [0.5, 0.6) is 0 Å². The van der Waals surface area contributed by atoms with Gasteiger partial charge in [0.25, 0.3) is 0 Å². The lowest BCUT2D eigenvalue weighted by Gasteiger charge is -2.19. The SMILES string of the molecule is CCCc1ccc(-c2ccc(-c3cc(F)c(C(F)(F)OCc4cc(F)c(F)c(F)c4)c(F)c3)c(F)c2)cc1. The number of hydrogen-bond donors (Lipinski definition) is 0. The molecule has 0 spiro atoms. The molecule has 0 bridgehead atoms. The molecule has 4 aromatic carbocycles. The fourth-order valence-electron chi connectivity index (χ4n) is 4.03. The van der Waals surface area contributed by atoms with Crippen LogP contribution in [0.3, 0.4) is 0 Å². The van der Waals surface area contributed by atoms with E-state index >= 15 is 0 Å². The molecule has 0 atom stereocenters. The molecule has 198 valence electrons. The molecule has 1 nitrogen and oxygen atoms in total. The van der Waals surface area contributed by atoms with Gasteiger partial charge in [-0.1, -0.05) is 49.7 Å². The zero-order valence-electron chi connectivity index (χ0n) is 19.9. The fourth-order valence-corrected chi connectivity index (χ4v) is 4.03.